The number of ether oxygens (including phenoxy) is 2. The van der Waals surface area contributed by atoms with Gasteiger partial charge in [0.25, 0.3) is 0 Å². The van der Waals surface area contributed by atoms with Crippen molar-refractivity contribution in [2.45, 2.75) is 64.1 Å². The monoisotopic (exact) mass is 408 g/mol. The third-order valence-corrected chi connectivity index (χ3v) is 6.74. The van der Waals surface area contributed by atoms with Gasteiger partial charge >= 0.3 is 5.97 Å². The molecule has 0 fully saturated rings. The SMILES string of the molecule is COC(=O)[C@@H](Cc1ccc2c(c1)CCCC2)Cc1cc2c(cc1[C@H](O)OC)CCC2. The first-order valence-electron chi connectivity index (χ1n) is 11.1. The molecular weight excluding hydrogens is 376 g/mol. The van der Waals surface area contributed by atoms with E-state index in [9.17, 15) is 9.90 Å². The molecule has 0 spiro atoms. The molecule has 0 unspecified atom stereocenters. The van der Waals surface area contributed by atoms with Crippen LogP contribution >= 0.6 is 0 Å². The molecule has 0 aromatic heterocycles. The largest absolute Gasteiger partial charge is 0.469 e. The van der Waals surface area contributed by atoms with Gasteiger partial charge in [0.05, 0.1) is 13.0 Å². The highest BCUT2D eigenvalue weighted by Crippen LogP contribution is 2.32. The fourth-order valence-electron chi connectivity index (χ4n) is 5.10. The molecule has 0 radical (unpaired) electrons. The zero-order valence-electron chi connectivity index (χ0n) is 18.1. The summed E-state index contributed by atoms with van der Waals surface area (Å²) in [6, 6.07) is 10.9. The Kier molecular flexibility index (Phi) is 6.55. The molecule has 4 rings (SSSR count). The Balaban J connectivity index is 1.62. The summed E-state index contributed by atoms with van der Waals surface area (Å²) < 4.78 is 10.4. The highest BCUT2D eigenvalue weighted by molar-refractivity contribution is 5.73. The van der Waals surface area contributed by atoms with Gasteiger partial charge in [-0.25, -0.2) is 0 Å². The summed E-state index contributed by atoms with van der Waals surface area (Å²) in [4.78, 5) is 12.7. The normalized spacial score (nSPS) is 17.2. The van der Waals surface area contributed by atoms with Crippen molar-refractivity contribution >= 4 is 5.97 Å². The smallest absolute Gasteiger partial charge is 0.309 e. The minimum Gasteiger partial charge on any atom is -0.469 e. The van der Waals surface area contributed by atoms with Crippen molar-refractivity contribution < 1.29 is 19.4 Å². The number of aliphatic hydroxyl groups is 1. The summed E-state index contributed by atoms with van der Waals surface area (Å²) >= 11 is 0. The number of hydrogen-bond acceptors (Lipinski definition) is 4. The average molecular weight is 409 g/mol. The number of carbonyl (C=O) groups excluding carboxylic acids is 1. The van der Waals surface area contributed by atoms with Crippen LogP contribution in [0.25, 0.3) is 0 Å². The second-order valence-corrected chi connectivity index (χ2v) is 8.70. The van der Waals surface area contributed by atoms with Crippen LogP contribution in [0.4, 0.5) is 0 Å². The van der Waals surface area contributed by atoms with E-state index in [0.717, 1.165) is 43.2 Å². The van der Waals surface area contributed by atoms with E-state index in [2.05, 4.69) is 30.3 Å². The summed E-state index contributed by atoms with van der Waals surface area (Å²) in [5, 5.41) is 10.4. The van der Waals surface area contributed by atoms with Crippen molar-refractivity contribution in [2.24, 2.45) is 5.92 Å². The van der Waals surface area contributed by atoms with E-state index in [4.69, 9.17) is 9.47 Å². The Bertz CT molecular complexity index is 917. The van der Waals surface area contributed by atoms with Gasteiger partial charge in [-0.3, -0.25) is 4.79 Å². The van der Waals surface area contributed by atoms with E-state index < -0.39 is 6.29 Å². The van der Waals surface area contributed by atoms with Gasteiger partial charge in [-0.05, 0) is 91.2 Å². The highest BCUT2D eigenvalue weighted by atomic mass is 16.6. The van der Waals surface area contributed by atoms with Gasteiger partial charge in [-0.2, -0.15) is 0 Å². The topological polar surface area (TPSA) is 55.8 Å². The van der Waals surface area contributed by atoms with Gasteiger partial charge in [-0.1, -0.05) is 30.3 Å². The maximum absolute atomic E-state index is 12.7. The van der Waals surface area contributed by atoms with Crippen molar-refractivity contribution in [1.29, 1.82) is 0 Å². The van der Waals surface area contributed by atoms with Crippen molar-refractivity contribution in [3.63, 3.8) is 0 Å². The molecule has 2 atom stereocenters. The molecule has 0 amide bonds. The van der Waals surface area contributed by atoms with Crippen LogP contribution < -0.4 is 0 Å². The van der Waals surface area contributed by atoms with E-state index in [1.54, 1.807) is 0 Å². The van der Waals surface area contributed by atoms with Crippen LogP contribution in [-0.2, 0) is 52.8 Å². The fourth-order valence-corrected chi connectivity index (χ4v) is 5.10. The number of aryl methyl sites for hydroxylation is 4. The number of benzene rings is 2. The third-order valence-electron chi connectivity index (χ3n) is 6.74. The van der Waals surface area contributed by atoms with Gasteiger partial charge in [-0.15, -0.1) is 0 Å². The molecule has 0 heterocycles. The first kappa shape index (κ1) is 21.1. The van der Waals surface area contributed by atoms with Crippen LogP contribution in [0.1, 0.15) is 64.5 Å². The number of rotatable bonds is 7. The number of esters is 1. The number of carbonyl (C=O) groups is 1. The number of hydrogen-bond donors (Lipinski definition) is 1. The lowest BCUT2D eigenvalue weighted by Gasteiger charge is -2.22. The van der Waals surface area contributed by atoms with E-state index >= 15 is 0 Å². The maximum atomic E-state index is 12.7. The zero-order chi connectivity index (χ0) is 21.1. The van der Waals surface area contributed by atoms with Crippen molar-refractivity contribution in [1.82, 2.24) is 0 Å². The molecule has 0 aliphatic heterocycles. The Hall–Kier alpha value is -2.17. The van der Waals surface area contributed by atoms with Crippen LogP contribution in [-0.4, -0.2) is 25.3 Å². The molecule has 30 heavy (non-hydrogen) atoms. The molecule has 4 nitrogen and oxygen atoms in total. The lowest BCUT2D eigenvalue weighted by molar-refractivity contribution is -0.145. The van der Waals surface area contributed by atoms with Crippen LogP contribution in [0.15, 0.2) is 30.3 Å². The number of fused-ring (bicyclic) bond motifs is 2. The molecule has 2 aliphatic carbocycles. The summed E-state index contributed by atoms with van der Waals surface area (Å²) in [7, 11) is 2.96. The van der Waals surface area contributed by atoms with Crippen LogP contribution in [0.5, 0.6) is 0 Å². The Morgan fingerprint density at radius 2 is 1.57 bits per heavy atom. The lowest BCUT2D eigenvalue weighted by atomic mass is 9.86. The van der Waals surface area contributed by atoms with Crippen molar-refractivity contribution in [3.05, 3.63) is 69.3 Å². The third kappa shape index (κ3) is 4.45. The minimum absolute atomic E-state index is 0.203. The van der Waals surface area contributed by atoms with E-state index in [1.165, 1.54) is 54.9 Å². The van der Waals surface area contributed by atoms with Crippen molar-refractivity contribution in [2.75, 3.05) is 14.2 Å². The zero-order valence-corrected chi connectivity index (χ0v) is 18.1. The van der Waals surface area contributed by atoms with Gasteiger partial charge in [0.2, 0.25) is 0 Å². The molecule has 2 aromatic carbocycles. The number of methoxy groups -OCH3 is 2. The van der Waals surface area contributed by atoms with E-state index in [1.807, 2.05) is 0 Å². The molecule has 2 aliphatic rings. The predicted octanol–water partition coefficient (Wildman–Crippen LogP) is 4.27. The second kappa shape index (κ2) is 9.32. The Morgan fingerprint density at radius 1 is 0.900 bits per heavy atom. The Labute approximate surface area is 179 Å². The summed E-state index contributed by atoms with van der Waals surface area (Å²) in [6.07, 6.45) is 8.21. The Morgan fingerprint density at radius 3 is 2.30 bits per heavy atom. The standard InChI is InChI=1S/C26H32O4/c1-29-25(27)23(13-17-10-11-18-6-3-4-7-19(18)12-17)15-22-14-20-8-5-9-21(20)16-24(22)26(28)30-2/h10-12,14,16,23,26,28H,3-9,13,15H2,1-2H3/t23-,26+/m0/s1. The van der Waals surface area contributed by atoms with E-state index in [0.29, 0.717) is 12.8 Å². The predicted molar refractivity (Wildman–Crippen MR) is 116 cm³/mol. The summed E-state index contributed by atoms with van der Waals surface area (Å²) in [5.74, 6) is -0.495. The number of aliphatic hydroxyl groups excluding tert-OH is 1. The van der Waals surface area contributed by atoms with Gasteiger partial charge < -0.3 is 14.6 Å². The minimum atomic E-state index is -0.979. The highest BCUT2D eigenvalue weighted by Gasteiger charge is 2.26. The van der Waals surface area contributed by atoms with Crippen LogP contribution in [0, 0.1) is 5.92 Å². The molecule has 0 bridgehead atoms. The summed E-state index contributed by atoms with van der Waals surface area (Å²) in [6.45, 7) is 0. The maximum Gasteiger partial charge on any atom is 0.309 e. The first-order chi connectivity index (χ1) is 14.6. The van der Waals surface area contributed by atoms with E-state index in [-0.39, 0.29) is 11.9 Å². The van der Waals surface area contributed by atoms with Gasteiger partial charge in [0, 0.05) is 12.7 Å². The molecule has 4 heteroatoms. The lowest BCUT2D eigenvalue weighted by Crippen LogP contribution is -2.22. The fraction of sp³-hybridized carbons (Fsp3) is 0.500. The molecule has 0 saturated carbocycles. The quantitative estimate of drug-likeness (QED) is 0.549. The second-order valence-electron chi connectivity index (χ2n) is 8.70. The van der Waals surface area contributed by atoms with Crippen molar-refractivity contribution in [3.8, 4) is 0 Å². The van der Waals surface area contributed by atoms with Gasteiger partial charge in [0.15, 0.2) is 6.29 Å². The molecule has 2 aromatic rings. The van der Waals surface area contributed by atoms with Gasteiger partial charge in [0.1, 0.15) is 0 Å². The van der Waals surface area contributed by atoms with Crippen LogP contribution in [0.3, 0.4) is 0 Å². The molecule has 1 N–H and O–H groups in total. The van der Waals surface area contributed by atoms with Crippen LogP contribution in [0.2, 0.25) is 0 Å². The summed E-state index contributed by atoms with van der Waals surface area (Å²) in [5.41, 5.74) is 8.43. The molecule has 0 saturated heterocycles. The molecular formula is C26H32O4. The molecule has 160 valence electrons. The first-order valence-corrected chi connectivity index (χ1v) is 11.1. The average Bonchev–Trinajstić information content (AvgIpc) is 3.24.